The van der Waals surface area contributed by atoms with Crippen LogP contribution >= 0.6 is 0 Å². The Balaban J connectivity index is 1.39. The Morgan fingerprint density at radius 3 is 2.77 bits per heavy atom. The Hall–Kier alpha value is -3.43. The molecule has 160 valence electrons. The lowest BCUT2D eigenvalue weighted by molar-refractivity contribution is -0.126. The summed E-state index contributed by atoms with van der Waals surface area (Å²) < 4.78 is 10.6. The van der Waals surface area contributed by atoms with Crippen LogP contribution in [0.15, 0.2) is 35.1 Å². The SMILES string of the molecule is COc1ccc(NCCCN2C(C)=CN3C2=NC2C3C(=O)NC(=O)N2C)c(OC)c1. The van der Waals surface area contributed by atoms with Crippen molar-refractivity contribution >= 4 is 23.6 Å². The van der Waals surface area contributed by atoms with Crippen LogP contribution < -0.4 is 20.1 Å². The van der Waals surface area contributed by atoms with Crippen molar-refractivity contribution in [1.29, 1.82) is 0 Å². The number of benzene rings is 1. The fourth-order valence-electron chi connectivity index (χ4n) is 3.93. The highest BCUT2D eigenvalue weighted by Gasteiger charge is 2.51. The highest BCUT2D eigenvalue weighted by Crippen LogP contribution is 2.32. The lowest BCUT2D eigenvalue weighted by Crippen LogP contribution is -2.62. The zero-order valence-electron chi connectivity index (χ0n) is 17.5. The van der Waals surface area contributed by atoms with Crippen LogP contribution in [0.25, 0.3) is 0 Å². The molecule has 0 aliphatic carbocycles. The second-order valence-corrected chi connectivity index (χ2v) is 7.37. The van der Waals surface area contributed by atoms with Gasteiger partial charge in [-0.1, -0.05) is 0 Å². The third-order valence-electron chi connectivity index (χ3n) is 5.55. The number of carbonyl (C=O) groups is 2. The van der Waals surface area contributed by atoms with E-state index in [1.54, 1.807) is 21.3 Å². The molecule has 3 heterocycles. The van der Waals surface area contributed by atoms with E-state index in [-0.39, 0.29) is 5.91 Å². The van der Waals surface area contributed by atoms with Gasteiger partial charge in [-0.25, -0.2) is 9.79 Å². The number of aliphatic imine (C=N–C) groups is 1. The Kier molecular flexibility index (Phi) is 5.15. The summed E-state index contributed by atoms with van der Waals surface area (Å²) in [6, 6.07) is 4.71. The number of nitrogens with one attached hydrogen (secondary N) is 2. The molecule has 2 unspecified atom stereocenters. The molecule has 0 radical (unpaired) electrons. The smallest absolute Gasteiger partial charge is 0.325 e. The van der Waals surface area contributed by atoms with Crippen LogP contribution in [0.1, 0.15) is 13.3 Å². The molecule has 0 saturated carbocycles. The van der Waals surface area contributed by atoms with Crippen LogP contribution in [-0.2, 0) is 4.79 Å². The number of carbonyl (C=O) groups excluding carboxylic acids is 2. The molecule has 1 aromatic rings. The third kappa shape index (κ3) is 3.27. The molecule has 0 spiro atoms. The number of likely N-dealkylation sites (N-methyl/N-ethyl adjacent to an activating group) is 1. The molecule has 0 bridgehead atoms. The van der Waals surface area contributed by atoms with E-state index < -0.39 is 18.2 Å². The topological polar surface area (TPSA) is 98.7 Å². The summed E-state index contributed by atoms with van der Waals surface area (Å²) in [5.41, 5.74) is 1.91. The van der Waals surface area contributed by atoms with E-state index in [1.165, 1.54) is 4.90 Å². The number of nitrogens with zero attached hydrogens (tertiary/aromatic N) is 4. The molecule has 2 atom stereocenters. The molecular formula is C20H26N6O4. The molecular weight excluding hydrogens is 388 g/mol. The van der Waals surface area contributed by atoms with Crippen LogP contribution in [-0.4, -0.2) is 79.2 Å². The van der Waals surface area contributed by atoms with E-state index in [2.05, 4.69) is 20.5 Å². The number of imide groups is 1. The molecule has 1 fully saturated rings. The molecule has 0 aromatic heterocycles. The number of urea groups is 1. The van der Waals surface area contributed by atoms with E-state index >= 15 is 0 Å². The molecule has 10 heteroatoms. The zero-order valence-corrected chi connectivity index (χ0v) is 17.5. The van der Waals surface area contributed by atoms with E-state index in [0.717, 1.165) is 42.4 Å². The third-order valence-corrected chi connectivity index (χ3v) is 5.55. The number of hydrogen-bond donors (Lipinski definition) is 2. The van der Waals surface area contributed by atoms with Crippen LogP contribution in [0.5, 0.6) is 11.5 Å². The standard InChI is InChI=1S/C20H26N6O4/c1-12-11-26-16-17(24(2)20(28)23-18(16)27)22-19(26)25(12)9-5-8-21-14-7-6-13(29-3)10-15(14)30-4/h6-7,10-11,16-17,21H,5,8-9H2,1-4H3,(H,23,27,28). The predicted octanol–water partition coefficient (Wildman–Crippen LogP) is 1.23. The van der Waals surface area contributed by atoms with Gasteiger partial charge in [0.1, 0.15) is 11.5 Å². The number of amides is 3. The van der Waals surface area contributed by atoms with Gasteiger partial charge in [-0.2, -0.15) is 0 Å². The Labute approximate surface area is 175 Å². The summed E-state index contributed by atoms with van der Waals surface area (Å²) in [4.78, 5) is 34.3. The molecule has 3 aliphatic heterocycles. The van der Waals surface area contributed by atoms with Gasteiger partial charge in [0.2, 0.25) is 5.96 Å². The Morgan fingerprint density at radius 2 is 2.03 bits per heavy atom. The van der Waals surface area contributed by atoms with Gasteiger partial charge in [0.05, 0.1) is 19.9 Å². The first-order valence-electron chi connectivity index (χ1n) is 9.80. The fourth-order valence-corrected chi connectivity index (χ4v) is 3.93. The van der Waals surface area contributed by atoms with Gasteiger partial charge in [0.15, 0.2) is 12.2 Å². The second kappa shape index (κ2) is 7.77. The number of guanidine groups is 1. The zero-order chi connectivity index (χ0) is 21.4. The molecule has 3 aliphatic rings. The molecule has 2 N–H and O–H groups in total. The maximum Gasteiger partial charge on any atom is 0.325 e. The van der Waals surface area contributed by atoms with Crippen molar-refractivity contribution in [2.45, 2.75) is 25.6 Å². The summed E-state index contributed by atoms with van der Waals surface area (Å²) in [6.07, 6.45) is 2.26. The maximum absolute atomic E-state index is 12.4. The number of fused-ring (bicyclic) bond motifs is 3. The summed E-state index contributed by atoms with van der Waals surface area (Å²) >= 11 is 0. The summed E-state index contributed by atoms with van der Waals surface area (Å²) in [7, 11) is 4.90. The van der Waals surface area contributed by atoms with E-state index in [1.807, 2.05) is 36.2 Å². The first-order valence-corrected chi connectivity index (χ1v) is 9.80. The highest BCUT2D eigenvalue weighted by molar-refractivity contribution is 6.04. The van der Waals surface area contributed by atoms with Crippen molar-refractivity contribution in [1.82, 2.24) is 20.0 Å². The molecule has 10 nitrogen and oxygen atoms in total. The minimum Gasteiger partial charge on any atom is -0.497 e. The monoisotopic (exact) mass is 414 g/mol. The summed E-state index contributed by atoms with van der Waals surface area (Å²) in [5.74, 6) is 1.85. The molecule has 1 aromatic carbocycles. The number of methoxy groups -OCH3 is 2. The normalized spacial score (nSPS) is 22.3. The predicted molar refractivity (Wildman–Crippen MR) is 111 cm³/mol. The van der Waals surface area contributed by atoms with Crippen molar-refractivity contribution in [3.63, 3.8) is 0 Å². The average molecular weight is 414 g/mol. The highest BCUT2D eigenvalue weighted by atomic mass is 16.5. The number of hydrogen-bond acceptors (Lipinski definition) is 8. The van der Waals surface area contributed by atoms with Gasteiger partial charge in [-0.05, 0) is 25.5 Å². The number of ether oxygens (including phenoxy) is 2. The number of allylic oxidation sites excluding steroid dienone is 1. The van der Waals surface area contributed by atoms with E-state index in [0.29, 0.717) is 5.96 Å². The van der Waals surface area contributed by atoms with Gasteiger partial charge in [0.25, 0.3) is 5.91 Å². The van der Waals surface area contributed by atoms with Crippen molar-refractivity contribution in [2.75, 3.05) is 39.7 Å². The largest absolute Gasteiger partial charge is 0.497 e. The summed E-state index contributed by atoms with van der Waals surface area (Å²) in [6.45, 7) is 3.44. The van der Waals surface area contributed by atoms with Gasteiger partial charge >= 0.3 is 6.03 Å². The Morgan fingerprint density at radius 1 is 1.23 bits per heavy atom. The molecule has 30 heavy (non-hydrogen) atoms. The minimum absolute atomic E-state index is 0.319. The van der Waals surface area contributed by atoms with Crippen molar-refractivity contribution in [3.8, 4) is 11.5 Å². The van der Waals surface area contributed by atoms with Crippen LogP contribution in [0.2, 0.25) is 0 Å². The molecule has 3 amide bonds. The lowest BCUT2D eigenvalue weighted by Gasteiger charge is -2.34. The van der Waals surface area contributed by atoms with Crippen LogP contribution in [0, 0.1) is 0 Å². The van der Waals surface area contributed by atoms with Crippen LogP contribution in [0.4, 0.5) is 10.5 Å². The number of anilines is 1. The second-order valence-electron chi connectivity index (χ2n) is 7.37. The first-order chi connectivity index (χ1) is 14.4. The van der Waals surface area contributed by atoms with Gasteiger partial charge in [-0.15, -0.1) is 0 Å². The van der Waals surface area contributed by atoms with Crippen molar-refractivity contribution < 1.29 is 19.1 Å². The number of rotatable bonds is 7. The first kappa shape index (κ1) is 19.9. The fraction of sp³-hybridized carbons (Fsp3) is 0.450. The van der Waals surface area contributed by atoms with E-state index in [4.69, 9.17) is 9.47 Å². The van der Waals surface area contributed by atoms with Crippen LogP contribution in [0.3, 0.4) is 0 Å². The van der Waals surface area contributed by atoms with Gasteiger partial charge in [-0.3, -0.25) is 10.1 Å². The minimum atomic E-state index is -0.524. The van der Waals surface area contributed by atoms with Crippen molar-refractivity contribution in [3.05, 3.63) is 30.1 Å². The average Bonchev–Trinajstić information content (AvgIpc) is 3.25. The van der Waals surface area contributed by atoms with Gasteiger partial charge in [0, 0.05) is 38.1 Å². The summed E-state index contributed by atoms with van der Waals surface area (Å²) in [5, 5.41) is 5.77. The van der Waals surface area contributed by atoms with Gasteiger partial charge < -0.3 is 29.5 Å². The Bertz CT molecular complexity index is 930. The molecule has 1 saturated heterocycles. The quantitative estimate of drug-likeness (QED) is 0.648. The van der Waals surface area contributed by atoms with Crippen molar-refractivity contribution in [2.24, 2.45) is 4.99 Å². The maximum atomic E-state index is 12.4. The molecule has 4 rings (SSSR count). The van der Waals surface area contributed by atoms with E-state index in [9.17, 15) is 9.59 Å². The lowest BCUT2D eigenvalue weighted by atomic mass is 10.1.